The summed E-state index contributed by atoms with van der Waals surface area (Å²) in [5, 5.41) is 9.23. The van der Waals surface area contributed by atoms with Crippen LogP contribution < -0.4 is 4.74 Å². The van der Waals surface area contributed by atoms with E-state index in [-0.39, 0.29) is 10.8 Å². The molecule has 1 aromatic carbocycles. The van der Waals surface area contributed by atoms with Gasteiger partial charge in [-0.1, -0.05) is 54.9 Å². The van der Waals surface area contributed by atoms with Crippen molar-refractivity contribution in [2.75, 3.05) is 7.11 Å². The molecule has 0 bridgehead atoms. The van der Waals surface area contributed by atoms with Crippen LogP contribution in [0.25, 0.3) is 5.57 Å². The summed E-state index contributed by atoms with van der Waals surface area (Å²) in [7, 11) is 1.71. The molecule has 0 aliphatic heterocycles. The summed E-state index contributed by atoms with van der Waals surface area (Å²) in [5.74, 6) is 0.00816. The predicted molar refractivity (Wildman–Crippen MR) is 101 cm³/mol. The monoisotopic (exact) mass is 332 g/mol. The summed E-state index contributed by atoms with van der Waals surface area (Å²) >= 11 is 0. The van der Waals surface area contributed by atoms with Crippen molar-refractivity contribution < 1.29 is 14.6 Å². The van der Waals surface area contributed by atoms with E-state index in [9.17, 15) is 9.90 Å². The van der Waals surface area contributed by atoms with Crippen LogP contribution in [-0.4, -0.2) is 18.2 Å². The Morgan fingerprint density at radius 1 is 1.08 bits per heavy atom. The predicted octanol–water partition coefficient (Wildman–Crippen LogP) is 5.56. The van der Waals surface area contributed by atoms with E-state index >= 15 is 0 Å². The topological polar surface area (TPSA) is 46.5 Å². The van der Waals surface area contributed by atoms with E-state index in [4.69, 9.17) is 4.74 Å². The van der Waals surface area contributed by atoms with E-state index in [1.165, 1.54) is 6.08 Å². The van der Waals surface area contributed by atoms with Gasteiger partial charge < -0.3 is 9.84 Å². The molecule has 0 atom stereocenters. The van der Waals surface area contributed by atoms with Crippen LogP contribution in [-0.2, 0) is 15.6 Å². The van der Waals surface area contributed by atoms with Gasteiger partial charge in [-0.2, -0.15) is 0 Å². The normalized spacial score (nSPS) is 13.1. The summed E-state index contributed by atoms with van der Waals surface area (Å²) in [6, 6.07) is 4.19. The molecule has 1 aromatic rings. The van der Waals surface area contributed by atoms with E-state index in [0.29, 0.717) is 0 Å². The molecule has 0 radical (unpaired) electrons. The summed E-state index contributed by atoms with van der Waals surface area (Å²) in [6.45, 7) is 15.0. The molecule has 3 nitrogen and oxygen atoms in total. The molecule has 0 aliphatic carbocycles. The molecule has 0 aliphatic rings. The number of hydrogen-bond donors (Lipinski definition) is 1. The maximum absolute atomic E-state index is 11.2. The zero-order valence-corrected chi connectivity index (χ0v) is 16.4. The third kappa shape index (κ3) is 4.86. The molecule has 0 saturated heterocycles. The van der Waals surface area contributed by atoms with Crippen molar-refractivity contribution in [2.45, 2.75) is 72.1 Å². The minimum absolute atomic E-state index is 0.0953. The van der Waals surface area contributed by atoms with Crippen LogP contribution in [0.15, 0.2) is 18.2 Å². The first-order valence-electron chi connectivity index (χ1n) is 8.58. The van der Waals surface area contributed by atoms with Gasteiger partial charge in [-0.05, 0) is 40.5 Å². The van der Waals surface area contributed by atoms with Gasteiger partial charge >= 0.3 is 5.97 Å². The summed E-state index contributed by atoms with van der Waals surface area (Å²) in [4.78, 5) is 11.2. The zero-order chi connectivity index (χ0) is 18.7. The molecule has 0 aromatic heterocycles. The van der Waals surface area contributed by atoms with E-state index in [0.717, 1.165) is 40.9 Å². The Bertz CT molecular complexity index is 590. The molecule has 0 fully saturated rings. The molecular formula is C21H32O3. The van der Waals surface area contributed by atoms with E-state index < -0.39 is 5.97 Å². The Hall–Kier alpha value is -1.77. The van der Waals surface area contributed by atoms with Crippen molar-refractivity contribution in [2.24, 2.45) is 0 Å². The lowest BCUT2D eigenvalue weighted by molar-refractivity contribution is -0.131. The first-order chi connectivity index (χ1) is 10.9. The Balaban J connectivity index is 3.78. The lowest BCUT2D eigenvalue weighted by atomic mass is 9.77. The quantitative estimate of drug-likeness (QED) is 0.718. The Kier molecular flexibility index (Phi) is 6.26. The molecule has 134 valence electrons. The number of carbonyl (C=O) groups is 1. The molecule has 1 N–H and O–H groups in total. The fourth-order valence-corrected chi connectivity index (χ4v) is 2.87. The molecule has 1 rings (SSSR count). The maximum Gasteiger partial charge on any atom is 0.328 e. The third-order valence-corrected chi connectivity index (χ3v) is 4.10. The second kappa shape index (κ2) is 7.42. The molecule has 3 heteroatoms. The highest BCUT2D eigenvalue weighted by Crippen LogP contribution is 2.42. The van der Waals surface area contributed by atoms with Crippen molar-refractivity contribution in [3.63, 3.8) is 0 Å². The van der Waals surface area contributed by atoms with E-state index in [1.54, 1.807) is 7.11 Å². The van der Waals surface area contributed by atoms with Crippen LogP contribution in [0.2, 0.25) is 0 Å². The number of aliphatic carboxylic acids is 1. The average Bonchev–Trinajstić information content (AvgIpc) is 2.43. The number of methoxy groups -OCH3 is 1. The van der Waals surface area contributed by atoms with Crippen LogP contribution in [0.3, 0.4) is 0 Å². The molecule has 0 amide bonds. The SMILES string of the molecule is CCC/C(=C\C(=O)O)c1cc(C(C)(C)C)c(OC)c(C(C)(C)C)c1. The Labute approximate surface area is 146 Å². The van der Waals surface area contributed by atoms with Crippen molar-refractivity contribution >= 4 is 11.5 Å². The van der Waals surface area contributed by atoms with Gasteiger partial charge in [-0.15, -0.1) is 0 Å². The maximum atomic E-state index is 11.2. The van der Waals surface area contributed by atoms with Gasteiger partial charge in [0.25, 0.3) is 0 Å². The van der Waals surface area contributed by atoms with Gasteiger partial charge in [-0.3, -0.25) is 0 Å². The first kappa shape index (κ1) is 20.3. The zero-order valence-electron chi connectivity index (χ0n) is 16.4. The van der Waals surface area contributed by atoms with Gasteiger partial charge in [0, 0.05) is 17.2 Å². The molecular weight excluding hydrogens is 300 g/mol. The van der Waals surface area contributed by atoms with Crippen molar-refractivity contribution in [3.05, 3.63) is 34.9 Å². The Morgan fingerprint density at radius 2 is 1.54 bits per heavy atom. The van der Waals surface area contributed by atoms with Crippen LogP contribution >= 0.6 is 0 Å². The number of carboxylic acid groups (broad SMARTS) is 1. The average molecular weight is 332 g/mol. The van der Waals surface area contributed by atoms with Crippen LogP contribution in [0.1, 0.15) is 78.0 Å². The Morgan fingerprint density at radius 3 is 1.83 bits per heavy atom. The van der Waals surface area contributed by atoms with E-state index in [1.807, 2.05) is 0 Å². The lowest BCUT2D eigenvalue weighted by Gasteiger charge is -2.30. The number of hydrogen-bond acceptors (Lipinski definition) is 2. The number of carboxylic acids is 1. The highest BCUT2D eigenvalue weighted by molar-refractivity contribution is 5.90. The summed E-state index contributed by atoms with van der Waals surface area (Å²) in [6.07, 6.45) is 2.98. The highest BCUT2D eigenvalue weighted by Gasteiger charge is 2.28. The number of ether oxygens (including phenoxy) is 1. The third-order valence-electron chi connectivity index (χ3n) is 4.10. The van der Waals surface area contributed by atoms with Crippen molar-refractivity contribution in [3.8, 4) is 5.75 Å². The first-order valence-corrected chi connectivity index (χ1v) is 8.58. The highest BCUT2D eigenvalue weighted by atomic mass is 16.5. The van der Waals surface area contributed by atoms with Crippen LogP contribution in [0.4, 0.5) is 0 Å². The lowest BCUT2D eigenvalue weighted by Crippen LogP contribution is -2.19. The fourth-order valence-electron chi connectivity index (χ4n) is 2.87. The van der Waals surface area contributed by atoms with E-state index in [2.05, 4.69) is 60.6 Å². The van der Waals surface area contributed by atoms with Crippen LogP contribution in [0.5, 0.6) is 5.75 Å². The number of benzene rings is 1. The minimum atomic E-state index is -0.899. The standard InChI is InChI=1S/C21H32O3/c1-9-10-14(13-18(22)23)15-11-16(20(2,3)4)19(24-8)17(12-15)21(5,6)7/h11-13H,9-10H2,1-8H3,(H,22,23)/b14-13+. The van der Waals surface area contributed by atoms with Gasteiger partial charge in [0.2, 0.25) is 0 Å². The minimum Gasteiger partial charge on any atom is -0.496 e. The van der Waals surface area contributed by atoms with Gasteiger partial charge in [0.05, 0.1) is 7.11 Å². The number of allylic oxidation sites excluding steroid dienone is 1. The smallest absolute Gasteiger partial charge is 0.328 e. The second-order valence-electron chi connectivity index (χ2n) is 8.36. The van der Waals surface area contributed by atoms with Crippen molar-refractivity contribution in [1.29, 1.82) is 0 Å². The largest absolute Gasteiger partial charge is 0.496 e. The molecule has 0 spiro atoms. The van der Waals surface area contributed by atoms with Gasteiger partial charge in [-0.25, -0.2) is 4.79 Å². The molecule has 24 heavy (non-hydrogen) atoms. The van der Waals surface area contributed by atoms with Gasteiger partial charge in [0.1, 0.15) is 5.75 Å². The molecule has 0 heterocycles. The second-order valence-corrected chi connectivity index (χ2v) is 8.36. The molecule has 0 saturated carbocycles. The molecule has 0 unspecified atom stereocenters. The van der Waals surface area contributed by atoms with Gasteiger partial charge in [0.15, 0.2) is 0 Å². The van der Waals surface area contributed by atoms with Crippen molar-refractivity contribution in [1.82, 2.24) is 0 Å². The number of rotatable bonds is 5. The summed E-state index contributed by atoms with van der Waals surface area (Å²) < 4.78 is 5.77. The fraction of sp³-hybridized carbons (Fsp3) is 0.571. The van der Waals surface area contributed by atoms with Crippen LogP contribution in [0, 0.1) is 0 Å². The summed E-state index contributed by atoms with van der Waals surface area (Å²) in [5.41, 5.74) is 3.88.